The highest BCUT2D eigenvalue weighted by Gasteiger charge is 2.31. The van der Waals surface area contributed by atoms with Gasteiger partial charge < -0.3 is 15.2 Å². The fourth-order valence-electron chi connectivity index (χ4n) is 1.58. The van der Waals surface area contributed by atoms with E-state index in [1.54, 1.807) is 6.07 Å². The number of carbonyl (C=O) groups is 1. The summed E-state index contributed by atoms with van der Waals surface area (Å²) in [5.74, 6) is -1.33. The monoisotopic (exact) mass is 317 g/mol. The van der Waals surface area contributed by atoms with Crippen LogP contribution in [0.5, 0.6) is 5.75 Å². The van der Waals surface area contributed by atoms with E-state index in [1.807, 2.05) is 0 Å². The number of thiophene rings is 1. The van der Waals surface area contributed by atoms with E-state index in [-0.39, 0.29) is 11.3 Å². The lowest BCUT2D eigenvalue weighted by molar-refractivity contribution is -0.274. The number of carboxylic acids is 1. The summed E-state index contributed by atoms with van der Waals surface area (Å²) >= 11 is 1.26. The average Bonchev–Trinajstić information content (AvgIpc) is 2.83. The number of hydrogen-bond donors (Lipinski definition) is 2. The Morgan fingerprint density at radius 3 is 2.71 bits per heavy atom. The third kappa shape index (κ3) is 4.67. The Labute approximate surface area is 121 Å². The molecule has 4 nitrogen and oxygen atoms in total. The van der Waals surface area contributed by atoms with Crippen LogP contribution in [0.3, 0.4) is 0 Å². The lowest BCUT2D eigenvalue weighted by Gasteiger charge is -2.10. The van der Waals surface area contributed by atoms with Crippen molar-refractivity contribution in [1.29, 1.82) is 0 Å². The molecule has 1 aromatic heterocycles. The molecule has 112 valence electrons. The molecular formula is C13H10F3NO3S. The molecule has 8 heteroatoms. The van der Waals surface area contributed by atoms with Crippen molar-refractivity contribution in [2.45, 2.75) is 12.9 Å². The minimum Gasteiger partial charge on any atom is -0.478 e. The van der Waals surface area contributed by atoms with Crippen LogP contribution >= 0.6 is 11.3 Å². The topological polar surface area (TPSA) is 58.6 Å². The molecule has 0 aliphatic carbocycles. The Bertz CT molecular complexity index is 640. The van der Waals surface area contributed by atoms with Gasteiger partial charge in [-0.1, -0.05) is 6.07 Å². The van der Waals surface area contributed by atoms with E-state index in [2.05, 4.69) is 10.1 Å². The first-order valence-electron chi connectivity index (χ1n) is 5.74. The highest BCUT2D eigenvalue weighted by molar-refractivity contribution is 7.10. The fraction of sp³-hybridized carbons (Fsp3) is 0.154. The van der Waals surface area contributed by atoms with Crippen molar-refractivity contribution < 1.29 is 27.8 Å². The normalized spacial score (nSPS) is 11.2. The van der Waals surface area contributed by atoms with Crippen LogP contribution in [0.2, 0.25) is 0 Å². The van der Waals surface area contributed by atoms with Crippen LogP contribution in [0.4, 0.5) is 18.9 Å². The molecule has 0 radical (unpaired) electrons. The number of alkyl halides is 3. The van der Waals surface area contributed by atoms with Gasteiger partial charge in [-0.2, -0.15) is 0 Å². The van der Waals surface area contributed by atoms with Crippen molar-refractivity contribution in [2.24, 2.45) is 0 Å². The van der Waals surface area contributed by atoms with Crippen molar-refractivity contribution in [2.75, 3.05) is 5.32 Å². The summed E-state index contributed by atoms with van der Waals surface area (Å²) in [6.45, 7) is 0.313. The second-order valence-electron chi connectivity index (χ2n) is 4.04. The predicted molar refractivity (Wildman–Crippen MR) is 71.7 cm³/mol. The molecule has 1 aromatic carbocycles. The van der Waals surface area contributed by atoms with Gasteiger partial charge in [0.1, 0.15) is 5.75 Å². The highest BCUT2D eigenvalue weighted by atomic mass is 32.1. The molecule has 0 unspecified atom stereocenters. The largest absolute Gasteiger partial charge is 0.573 e. The van der Waals surface area contributed by atoms with Gasteiger partial charge in [-0.05, 0) is 18.2 Å². The van der Waals surface area contributed by atoms with Crippen molar-refractivity contribution in [3.8, 4) is 5.75 Å². The summed E-state index contributed by atoms with van der Waals surface area (Å²) in [6.07, 6.45) is -4.73. The number of benzene rings is 1. The molecule has 21 heavy (non-hydrogen) atoms. The maximum absolute atomic E-state index is 12.1. The van der Waals surface area contributed by atoms with E-state index < -0.39 is 12.3 Å². The third-order valence-corrected chi connectivity index (χ3v) is 3.37. The number of anilines is 1. The van der Waals surface area contributed by atoms with Crippen molar-refractivity contribution in [1.82, 2.24) is 0 Å². The van der Waals surface area contributed by atoms with Gasteiger partial charge in [0, 0.05) is 28.6 Å². The summed E-state index contributed by atoms with van der Waals surface area (Å²) in [7, 11) is 0. The fourth-order valence-corrected chi connectivity index (χ4v) is 2.38. The molecule has 0 bridgehead atoms. The van der Waals surface area contributed by atoms with Crippen LogP contribution in [0.1, 0.15) is 15.2 Å². The molecule has 2 aromatic rings. The molecule has 2 rings (SSSR count). The van der Waals surface area contributed by atoms with Crippen molar-refractivity contribution >= 4 is 23.0 Å². The Morgan fingerprint density at radius 2 is 2.10 bits per heavy atom. The van der Waals surface area contributed by atoms with Crippen LogP contribution in [-0.4, -0.2) is 17.4 Å². The van der Waals surface area contributed by atoms with Gasteiger partial charge in [0.25, 0.3) is 0 Å². The maximum Gasteiger partial charge on any atom is 0.573 e. The van der Waals surface area contributed by atoms with Gasteiger partial charge in [-0.15, -0.1) is 24.5 Å². The van der Waals surface area contributed by atoms with Crippen LogP contribution in [0.15, 0.2) is 35.7 Å². The second-order valence-corrected chi connectivity index (χ2v) is 5.03. The summed E-state index contributed by atoms with van der Waals surface area (Å²) in [4.78, 5) is 11.5. The van der Waals surface area contributed by atoms with Crippen molar-refractivity contribution in [3.63, 3.8) is 0 Å². The zero-order valence-corrected chi connectivity index (χ0v) is 11.3. The number of aromatic carboxylic acids is 1. The average molecular weight is 317 g/mol. The number of halogens is 3. The van der Waals surface area contributed by atoms with Crippen LogP contribution in [0.25, 0.3) is 0 Å². The van der Waals surface area contributed by atoms with Gasteiger partial charge in [-0.25, -0.2) is 4.79 Å². The lowest BCUT2D eigenvalue weighted by atomic mass is 10.3. The van der Waals surface area contributed by atoms with Crippen LogP contribution < -0.4 is 10.1 Å². The molecule has 0 aliphatic heterocycles. The first kappa shape index (κ1) is 15.2. The zero-order valence-electron chi connectivity index (χ0n) is 10.5. The molecular weight excluding hydrogens is 307 g/mol. The van der Waals surface area contributed by atoms with Crippen molar-refractivity contribution in [3.05, 3.63) is 46.2 Å². The molecule has 2 N–H and O–H groups in total. The molecule has 0 amide bonds. The highest BCUT2D eigenvalue weighted by Crippen LogP contribution is 2.25. The Hall–Kier alpha value is -2.22. The summed E-state index contributed by atoms with van der Waals surface area (Å²) < 4.78 is 40.1. The number of hydrogen-bond acceptors (Lipinski definition) is 4. The predicted octanol–water partition coefficient (Wildman–Crippen LogP) is 3.96. The smallest absolute Gasteiger partial charge is 0.478 e. The molecule has 0 spiro atoms. The quantitative estimate of drug-likeness (QED) is 0.876. The molecule has 0 aliphatic rings. The van der Waals surface area contributed by atoms with E-state index >= 15 is 0 Å². The van der Waals surface area contributed by atoms with E-state index in [9.17, 15) is 18.0 Å². The van der Waals surface area contributed by atoms with E-state index in [0.717, 1.165) is 4.88 Å². The molecule has 0 atom stereocenters. The minimum atomic E-state index is -4.73. The van der Waals surface area contributed by atoms with E-state index in [4.69, 9.17) is 5.11 Å². The molecule has 0 saturated heterocycles. The number of carboxylic acid groups (broad SMARTS) is 1. The standard InChI is InChI=1S/C13H10F3NO3S/c14-13(15,16)20-10-3-1-2-9(5-10)17-6-11-4-8(7-21-11)12(18)19/h1-5,7,17H,6H2,(H,18,19). The van der Waals surface area contributed by atoms with Gasteiger partial charge in [0.2, 0.25) is 0 Å². The minimum absolute atomic E-state index is 0.186. The van der Waals surface area contributed by atoms with Crippen LogP contribution in [0, 0.1) is 0 Å². The summed E-state index contributed by atoms with van der Waals surface area (Å²) in [5.41, 5.74) is 0.632. The number of nitrogens with one attached hydrogen (secondary N) is 1. The molecule has 1 heterocycles. The van der Waals surface area contributed by atoms with Gasteiger partial charge in [0.15, 0.2) is 0 Å². The van der Waals surface area contributed by atoms with E-state index in [1.165, 1.54) is 41.0 Å². The SMILES string of the molecule is O=C(O)c1csc(CNc2cccc(OC(F)(F)F)c2)c1. The number of rotatable bonds is 5. The number of ether oxygens (including phenoxy) is 1. The first-order chi connectivity index (χ1) is 9.83. The summed E-state index contributed by atoms with van der Waals surface area (Å²) in [5, 5.41) is 13.2. The summed E-state index contributed by atoms with van der Waals surface area (Å²) in [6, 6.07) is 6.96. The molecule has 0 saturated carbocycles. The van der Waals surface area contributed by atoms with Gasteiger partial charge in [-0.3, -0.25) is 0 Å². The Morgan fingerprint density at radius 1 is 1.33 bits per heavy atom. The Kier molecular flexibility index (Phi) is 4.37. The molecule has 0 fully saturated rings. The van der Waals surface area contributed by atoms with Gasteiger partial charge >= 0.3 is 12.3 Å². The first-order valence-corrected chi connectivity index (χ1v) is 6.62. The third-order valence-electron chi connectivity index (χ3n) is 2.44. The van der Waals surface area contributed by atoms with Crippen LogP contribution in [-0.2, 0) is 6.54 Å². The Balaban J connectivity index is 1.99. The zero-order chi connectivity index (χ0) is 15.5. The lowest BCUT2D eigenvalue weighted by Crippen LogP contribution is -2.17. The second kappa shape index (κ2) is 6.04. The maximum atomic E-state index is 12.1. The van der Waals surface area contributed by atoms with Gasteiger partial charge in [0.05, 0.1) is 5.56 Å². The van der Waals surface area contributed by atoms with E-state index in [0.29, 0.717) is 12.2 Å².